The third-order valence-electron chi connectivity index (χ3n) is 6.96. The summed E-state index contributed by atoms with van der Waals surface area (Å²) in [7, 11) is -2.04. The van der Waals surface area contributed by atoms with Crippen LogP contribution in [0.2, 0.25) is 0 Å². The number of rotatable bonds is 11. The zero-order valence-corrected chi connectivity index (χ0v) is 24.5. The SMILES string of the molecule is CCCCN(C)S(=O)(=O)c1ccc(C(=O)Nc2sc3c(c2C(=O)N(CC)CC)CCN(C(C)C)C3)cc1. The van der Waals surface area contributed by atoms with Gasteiger partial charge in [-0.25, -0.2) is 12.7 Å². The highest BCUT2D eigenvalue weighted by atomic mass is 32.2. The summed E-state index contributed by atoms with van der Waals surface area (Å²) >= 11 is 1.47. The fourth-order valence-corrected chi connectivity index (χ4v) is 6.95. The highest BCUT2D eigenvalue weighted by molar-refractivity contribution is 7.89. The van der Waals surface area contributed by atoms with Gasteiger partial charge in [-0.2, -0.15) is 0 Å². The summed E-state index contributed by atoms with van der Waals surface area (Å²) in [5.41, 5.74) is 1.97. The van der Waals surface area contributed by atoms with E-state index < -0.39 is 10.0 Å². The van der Waals surface area contributed by atoms with Crippen LogP contribution in [0.1, 0.15) is 78.6 Å². The second kappa shape index (κ2) is 12.5. The maximum absolute atomic E-state index is 13.5. The number of carbonyl (C=O) groups is 2. The van der Waals surface area contributed by atoms with Gasteiger partial charge in [0, 0.05) is 56.3 Å². The lowest BCUT2D eigenvalue weighted by Gasteiger charge is -2.30. The van der Waals surface area contributed by atoms with Crippen molar-refractivity contribution in [1.82, 2.24) is 14.1 Å². The van der Waals surface area contributed by atoms with Crippen LogP contribution in [0.4, 0.5) is 5.00 Å². The molecular formula is C27H40N4O4S2. The molecule has 0 saturated heterocycles. The summed E-state index contributed by atoms with van der Waals surface area (Å²) in [6, 6.07) is 6.38. The van der Waals surface area contributed by atoms with Crippen LogP contribution in [0.15, 0.2) is 29.2 Å². The summed E-state index contributed by atoms with van der Waals surface area (Å²) in [6.07, 6.45) is 2.45. The van der Waals surface area contributed by atoms with Gasteiger partial charge in [0.15, 0.2) is 0 Å². The summed E-state index contributed by atoms with van der Waals surface area (Å²) in [4.78, 5) is 32.1. The Morgan fingerprint density at radius 2 is 1.76 bits per heavy atom. The van der Waals surface area contributed by atoms with Gasteiger partial charge in [0.1, 0.15) is 5.00 Å². The first-order chi connectivity index (χ1) is 17.5. The standard InChI is InChI=1S/C27H40N4O4S2/c1-7-10-16-29(6)37(34,35)21-13-11-20(12-14-21)25(32)28-26-24(27(33)30(8-2)9-3)22-15-17-31(19(4)5)18-23(22)36-26/h11-14,19H,7-10,15-18H2,1-6H3,(H,28,32). The van der Waals surface area contributed by atoms with Crippen molar-refractivity contribution < 1.29 is 18.0 Å². The van der Waals surface area contributed by atoms with E-state index in [-0.39, 0.29) is 16.7 Å². The van der Waals surface area contributed by atoms with Crippen molar-refractivity contribution in [3.63, 3.8) is 0 Å². The highest BCUT2D eigenvalue weighted by Gasteiger charge is 2.31. The van der Waals surface area contributed by atoms with Crippen LogP contribution in [0.25, 0.3) is 0 Å². The second-order valence-corrected chi connectivity index (χ2v) is 12.8. The minimum Gasteiger partial charge on any atom is -0.339 e. The molecule has 0 atom stereocenters. The van der Waals surface area contributed by atoms with Gasteiger partial charge in [-0.3, -0.25) is 14.5 Å². The summed E-state index contributed by atoms with van der Waals surface area (Å²) < 4.78 is 27.0. The van der Waals surface area contributed by atoms with Gasteiger partial charge in [-0.15, -0.1) is 11.3 Å². The smallest absolute Gasteiger partial charge is 0.257 e. The molecule has 2 amide bonds. The molecule has 0 bridgehead atoms. The Kier molecular flexibility index (Phi) is 9.91. The first-order valence-electron chi connectivity index (χ1n) is 13.1. The van der Waals surface area contributed by atoms with E-state index in [0.29, 0.717) is 41.8 Å². The first kappa shape index (κ1) is 29.3. The minimum absolute atomic E-state index is 0.0626. The maximum atomic E-state index is 13.5. The highest BCUT2D eigenvalue weighted by Crippen LogP contribution is 2.38. The van der Waals surface area contributed by atoms with E-state index in [1.54, 1.807) is 11.9 Å². The molecule has 1 aromatic heterocycles. The number of nitrogens with one attached hydrogen (secondary N) is 1. The van der Waals surface area contributed by atoms with Crippen LogP contribution in [0.3, 0.4) is 0 Å². The number of hydrogen-bond donors (Lipinski definition) is 1. The lowest BCUT2D eigenvalue weighted by atomic mass is 10.0. The predicted molar refractivity (Wildman–Crippen MR) is 150 cm³/mol. The van der Waals surface area contributed by atoms with Gasteiger partial charge in [-0.05, 0) is 70.4 Å². The fourth-order valence-electron chi connectivity index (χ4n) is 4.48. The molecule has 204 valence electrons. The van der Waals surface area contributed by atoms with Crippen LogP contribution < -0.4 is 5.32 Å². The normalized spacial score (nSPS) is 14.2. The van der Waals surface area contributed by atoms with Crippen LogP contribution in [-0.2, 0) is 23.0 Å². The van der Waals surface area contributed by atoms with E-state index in [4.69, 9.17) is 0 Å². The number of amides is 2. The van der Waals surface area contributed by atoms with Crippen molar-refractivity contribution in [2.24, 2.45) is 0 Å². The number of benzene rings is 1. The van der Waals surface area contributed by atoms with Crippen LogP contribution in [0.5, 0.6) is 0 Å². The molecule has 37 heavy (non-hydrogen) atoms. The number of sulfonamides is 1. The molecule has 8 nitrogen and oxygen atoms in total. The number of fused-ring (bicyclic) bond motifs is 1. The molecule has 0 aliphatic carbocycles. The Labute approximate surface area is 225 Å². The van der Waals surface area contributed by atoms with Crippen molar-refractivity contribution in [2.75, 3.05) is 38.5 Å². The quantitative estimate of drug-likeness (QED) is 0.441. The molecule has 1 N–H and O–H groups in total. The summed E-state index contributed by atoms with van der Waals surface area (Å²) in [6.45, 7) is 13.5. The number of anilines is 1. The molecule has 2 aromatic rings. The van der Waals surface area contributed by atoms with Gasteiger partial charge >= 0.3 is 0 Å². The van der Waals surface area contributed by atoms with Gasteiger partial charge in [0.05, 0.1) is 10.5 Å². The van der Waals surface area contributed by atoms with Gasteiger partial charge in [0.25, 0.3) is 11.8 Å². The van der Waals surface area contributed by atoms with E-state index >= 15 is 0 Å². The van der Waals surface area contributed by atoms with Gasteiger partial charge < -0.3 is 10.2 Å². The molecule has 1 aliphatic rings. The summed E-state index contributed by atoms with van der Waals surface area (Å²) in [5, 5.41) is 3.54. The predicted octanol–water partition coefficient (Wildman–Crippen LogP) is 4.67. The lowest BCUT2D eigenvalue weighted by molar-refractivity contribution is 0.0772. The van der Waals surface area contributed by atoms with Crippen molar-refractivity contribution in [1.29, 1.82) is 0 Å². The average molecular weight is 549 g/mol. The van der Waals surface area contributed by atoms with Crippen LogP contribution in [0, 0.1) is 0 Å². The third kappa shape index (κ3) is 6.42. The Hall–Kier alpha value is -2.27. The van der Waals surface area contributed by atoms with Crippen molar-refractivity contribution in [3.05, 3.63) is 45.8 Å². The fraction of sp³-hybridized carbons (Fsp3) is 0.556. The first-order valence-corrected chi connectivity index (χ1v) is 15.4. The number of carbonyl (C=O) groups excluding carboxylic acids is 2. The zero-order chi connectivity index (χ0) is 27.3. The number of thiophene rings is 1. The number of hydrogen-bond acceptors (Lipinski definition) is 6. The lowest BCUT2D eigenvalue weighted by Crippen LogP contribution is -2.36. The van der Waals surface area contributed by atoms with E-state index in [9.17, 15) is 18.0 Å². The van der Waals surface area contributed by atoms with Gasteiger partial charge in [-0.1, -0.05) is 13.3 Å². The van der Waals surface area contributed by atoms with Crippen LogP contribution in [-0.4, -0.2) is 73.6 Å². The largest absolute Gasteiger partial charge is 0.339 e. The molecule has 10 heteroatoms. The van der Waals surface area contributed by atoms with E-state index in [1.807, 2.05) is 20.8 Å². The van der Waals surface area contributed by atoms with Crippen molar-refractivity contribution in [3.8, 4) is 0 Å². The molecule has 1 aromatic carbocycles. The molecule has 0 fully saturated rings. The molecular weight excluding hydrogens is 508 g/mol. The molecule has 0 unspecified atom stereocenters. The molecule has 0 radical (unpaired) electrons. The second-order valence-electron chi connectivity index (χ2n) is 9.66. The topological polar surface area (TPSA) is 90.0 Å². The molecule has 0 saturated carbocycles. The number of nitrogens with zero attached hydrogens (tertiary/aromatic N) is 3. The van der Waals surface area contributed by atoms with E-state index in [0.717, 1.165) is 42.8 Å². The monoisotopic (exact) mass is 548 g/mol. The Bertz CT molecular complexity index is 1200. The Balaban J connectivity index is 1.88. The average Bonchev–Trinajstić information content (AvgIpc) is 3.24. The maximum Gasteiger partial charge on any atom is 0.257 e. The molecule has 2 heterocycles. The minimum atomic E-state index is -3.61. The van der Waals surface area contributed by atoms with Crippen LogP contribution >= 0.6 is 11.3 Å². The third-order valence-corrected chi connectivity index (χ3v) is 9.96. The van der Waals surface area contributed by atoms with Crippen molar-refractivity contribution in [2.45, 2.75) is 71.4 Å². The van der Waals surface area contributed by atoms with E-state index in [1.165, 1.54) is 39.9 Å². The molecule has 3 rings (SSSR count). The Morgan fingerprint density at radius 3 is 2.32 bits per heavy atom. The summed E-state index contributed by atoms with van der Waals surface area (Å²) in [5.74, 6) is -0.427. The van der Waals surface area contributed by atoms with Crippen molar-refractivity contribution >= 4 is 38.2 Å². The zero-order valence-electron chi connectivity index (χ0n) is 22.8. The Morgan fingerprint density at radius 1 is 1.11 bits per heavy atom. The van der Waals surface area contributed by atoms with E-state index in [2.05, 4.69) is 24.1 Å². The van der Waals surface area contributed by atoms with Gasteiger partial charge in [0.2, 0.25) is 10.0 Å². The molecule has 1 aliphatic heterocycles. The number of unbranched alkanes of at least 4 members (excludes halogenated alkanes) is 1. The molecule has 0 spiro atoms.